The number of rotatable bonds is 24. The molecule has 0 bridgehead atoms. The molecule has 0 aliphatic carbocycles. The Bertz CT molecular complexity index is 640. The Morgan fingerprint density at radius 2 is 1.44 bits per heavy atom. The number of phosphoric ester groups is 1. The van der Waals surface area contributed by atoms with E-state index in [4.69, 9.17) is 19.1 Å². The van der Waals surface area contributed by atoms with Gasteiger partial charge in [-0.3, -0.25) is 18.6 Å². The summed E-state index contributed by atoms with van der Waals surface area (Å²) in [6.45, 7) is 2.11. The third-order valence-electron chi connectivity index (χ3n) is 5.20. The summed E-state index contributed by atoms with van der Waals surface area (Å²) in [7, 11) is -4.59. The largest absolute Gasteiger partial charge is 0.472 e. The van der Waals surface area contributed by atoms with Gasteiger partial charge in [-0.25, -0.2) is 4.57 Å². The van der Waals surface area contributed by atoms with Gasteiger partial charge >= 0.3 is 19.8 Å². The normalized spacial score (nSPS) is 14.9. The van der Waals surface area contributed by atoms with Crippen LogP contribution in [-0.2, 0) is 32.7 Å². The summed E-state index contributed by atoms with van der Waals surface area (Å²) in [6.07, 6.45) is 12.9. The first-order valence-corrected chi connectivity index (χ1v) is 14.6. The van der Waals surface area contributed by atoms with Crippen LogP contribution in [0.4, 0.5) is 0 Å². The molecule has 0 heterocycles. The zero-order valence-electron chi connectivity index (χ0n) is 22.0. The van der Waals surface area contributed by atoms with Gasteiger partial charge in [0.05, 0.1) is 26.2 Å². The second kappa shape index (κ2) is 22.9. The van der Waals surface area contributed by atoms with Crippen molar-refractivity contribution in [3.05, 3.63) is 12.2 Å². The van der Waals surface area contributed by atoms with Crippen LogP contribution in [0, 0.1) is 0 Å². The number of carbonyl (C=O) groups is 2. The molecule has 0 radical (unpaired) electrons. The number of esters is 2. The van der Waals surface area contributed by atoms with E-state index >= 15 is 0 Å². The van der Waals surface area contributed by atoms with E-state index in [1.165, 1.54) is 6.42 Å². The molecule has 0 aromatic heterocycles. The van der Waals surface area contributed by atoms with Crippen molar-refractivity contribution >= 4 is 19.8 Å². The van der Waals surface area contributed by atoms with Gasteiger partial charge in [0.15, 0.2) is 6.10 Å². The minimum Gasteiger partial charge on any atom is -0.461 e. The van der Waals surface area contributed by atoms with E-state index in [1.54, 1.807) is 6.08 Å². The van der Waals surface area contributed by atoms with Crippen LogP contribution in [0.15, 0.2) is 12.2 Å². The minimum absolute atomic E-state index is 0.0632. The molecular weight excluding hydrogens is 491 g/mol. The van der Waals surface area contributed by atoms with Crippen LogP contribution < -0.4 is 0 Å². The summed E-state index contributed by atoms with van der Waals surface area (Å²) < 4.78 is 31.9. The molecule has 0 aliphatic heterocycles. The Labute approximate surface area is 216 Å². The molecular formula is C25H47O10P. The van der Waals surface area contributed by atoms with E-state index in [-0.39, 0.29) is 19.4 Å². The third-order valence-corrected chi connectivity index (χ3v) is 6.15. The highest BCUT2D eigenvalue weighted by atomic mass is 31.2. The van der Waals surface area contributed by atoms with Gasteiger partial charge in [0, 0.05) is 6.42 Å². The number of hydrogen-bond acceptors (Lipinski definition) is 9. The second-order valence-corrected chi connectivity index (χ2v) is 10.2. The molecule has 0 aromatic rings. The van der Waals surface area contributed by atoms with E-state index in [9.17, 15) is 24.2 Å². The van der Waals surface area contributed by atoms with Gasteiger partial charge in [0.2, 0.25) is 0 Å². The van der Waals surface area contributed by atoms with Crippen LogP contribution in [0.25, 0.3) is 0 Å². The van der Waals surface area contributed by atoms with Gasteiger partial charge in [-0.1, -0.05) is 77.4 Å². The van der Waals surface area contributed by atoms with Gasteiger partial charge in [0.1, 0.15) is 12.7 Å². The number of phosphoric acid groups is 1. The lowest BCUT2D eigenvalue weighted by Gasteiger charge is -2.20. The van der Waals surface area contributed by atoms with Crippen molar-refractivity contribution < 1.29 is 47.8 Å². The van der Waals surface area contributed by atoms with Crippen molar-refractivity contribution in [3.8, 4) is 0 Å². The molecule has 0 rings (SSSR count). The Kier molecular flexibility index (Phi) is 22.1. The van der Waals surface area contributed by atoms with Crippen LogP contribution in [0.2, 0.25) is 0 Å². The Morgan fingerprint density at radius 1 is 0.833 bits per heavy atom. The van der Waals surface area contributed by atoms with Crippen molar-refractivity contribution in [2.24, 2.45) is 0 Å². The maximum atomic E-state index is 12.2. The molecule has 36 heavy (non-hydrogen) atoms. The van der Waals surface area contributed by atoms with Crippen molar-refractivity contribution in [1.82, 2.24) is 0 Å². The smallest absolute Gasteiger partial charge is 0.461 e. The Balaban J connectivity index is 4.63. The highest BCUT2D eigenvalue weighted by Gasteiger charge is 2.27. The predicted octanol–water partition coefficient (Wildman–Crippen LogP) is 4.60. The van der Waals surface area contributed by atoms with Crippen LogP contribution in [0.3, 0.4) is 0 Å². The summed E-state index contributed by atoms with van der Waals surface area (Å²) in [5.74, 6) is -1.04. The van der Waals surface area contributed by atoms with Gasteiger partial charge in [-0.05, 0) is 19.3 Å². The van der Waals surface area contributed by atoms with Crippen molar-refractivity contribution in [1.29, 1.82) is 0 Å². The average Bonchev–Trinajstić information content (AvgIpc) is 2.85. The van der Waals surface area contributed by atoms with Crippen molar-refractivity contribution in [2.75, 3.05) is 26.4 Å². The number of ether oxygens (including phenoxy) is 2. The summed E-state index contributed by atoms with van der Waals surface area (Å²) in [6, 6.07) is 0. The quantitative estimate of drug-likeness (QED) is 0.0689. The van der Waals surface area contributed by atoms with E-state index in [0.29, 0.717) is 6.42 Å². The number of unbranched alkanes of at least 4 members (excludes halogenated alkanes) is 9. The average molecular weight is 539 g/mol. The molecule has 11 heteroatoms. The zero-order chi connectivity index (χ0) is 27.1. The minimum atomic E-state index is -4.59. The molecule has 0 aliphatic rings. The summed E-state index contributed by atoms with van der Waals surface area (Å²) in [5, 5.41) is 18.0. The molecule has 10 nitrogen and oxygen atoms in total. The first-order valence-electron chi connectivity index (χ1n) is 13.1. The monoisotopic (exact) mass is 538 g/mol. The predicted molar refractivity (Wildman–Crippen MR) is 136 cm³/mol. The lowest BCUT2D eigenvalue weighted by Crippen LogP contribution is -2.29. The summed E-state index contributed by atoms with van der Waals surface area (Å²) in [4.78, 5) is 34.0. The Hall–Kier alpha value is -1.29. The fourth-order valence-electron chi connectivity index (χ4n) is 3.09. The van der Waals surface area contributed by atoms with E-state index < -0.39 is 51.8 Å². The molecule has 0 aromatic carbocycles. The first kappa shape index (κ1) is 34.7. The molecule has 0 amide bonds. The fraction of sp³-hybridized carbons (Fsp3) is 0.840. The van der Waals surface area contributed by atoms with Crippen LogP contribution >= 0.6 is 7.82 Å². The van der Waals surface area contributed by atoms with Gasteiger partial charge in [0.25, 0.3) is 0 Å². The highest BCUT2D eigenvalue weighted by Crippen LogP contribution is 2.43. The number of hydrogen-bond donors (Lipinski definition) is 3. The molecule has 0 fully saturated rings. The highest BCUT2D eigenvalue weighted by molar-refractivity contribution is 7.47. The van der Waals surface area contributed by atoms with Gasteiger partial charge in [-0.2, -0.15) is 0 Å². The second-order valence-electron chi connectivity index (χ2n) is 8.73. The maximum absolute atomic E-state index is 12.2. The van der Waals surface area contributed by atoms with Crippen LogP contribution in [0.5, 0.6) is 0 Å². The summed E-state index contributed by atoms with van der Waals surface area (Å²) in [5.41, 5.74) is 0. The molecule has 3 atom stereocenters. The number of aliphatic hydroxyl groups excluding tert-OH is 2. The van der Waals surface area contributed by atoms with Crippen LogP contribution in [-0.4, -0.2) is 65.7 Å². The van der Waals surface area contributed by atoms with Crippen LogP contribution in [0.1, 0.15) is 97.3 Å². The molecule has 0 saturated heterocycles. The molecule has 0 spiro atoms. The van der Waals surface area contributed by atoms with Crippen molar-refractivity contribution in [3.63, 3.8) is 0 Å². The molecule has 1 unspecified atom stereocenters. The van der Waals surface area contributed by atoms with Gasteiger partial charge < -0.3 is 24.6 Å². The van der Waals surface area contributed by atoms with E-state index in [2.05, 4.69) is 18.4 Å². The molecule has 3 N–H and O–H groups in total. The number of allylic oxidation sites excluding steroid dienone is 1. The van der Waals surface area contributed by atoms with E-state index in [1.807, 2.05) is 6.08 Å². The van der Waals surface area contributed by atoms with Crippen molar-refractivity contribution in [2.45, 2.75) is 110 Å². The molecule has 0 saturated carbocycles. The SMILES string of the molecule is CCCCCC/C=C\CC(=O)OC[C@H](COP(=O)(O)OC[C@@H](O)CO)OC(=O)CCCCCCCC. The topological polar surface area (TPSA) is 149 Å². The Morgan fingerprint density at radius 3 is 2.11 bits per heavy atom. The standard InChI is InChI=1S/C25H47O10P/c1-3-5-7-9-11-13-14-16-24(28)32-20-23(21-34-36(30,31)33-19-22(27)18-26)35-25(29)17-15-12-10-8-6-4-2/h13-14,22-23,26-27H,3-12,15-21H2,1-2H3,(H,30,31)/b14-13-/t22-,23+/m0/s1. The number of aliphatic hydroxyl groups is 2. The van der Waals surface area contributed by atoms with Gasteiger partial charge in [-0.15, -0.1) is 0 Å². The first-order chi connectivity index (χ1) is 17.2. The summed E-state index contributed by atoms with van der Waals surface area (Å²) >= 11 is 0. The van der Waals surface area contributed by atoms with E-state index in [0.717, 1.165) is 57.8 Å². The third kappa shape index (κ3) is 21.9. The lowest BCUT2D eigenvalue weighted by molar-refractivity contribution is -0.160. The zero-order valence-corrected chi connectivity index (χ0v) is 22.9. The maximum Gasteiger partial charge on any atom is 0.472 e. The lowest BCUT2D eigenvalue weighted by atomic mass is 10.1. The fourth-order valence-corrected chi connectivity index (χ4v) is 3.88. The molecule has 212 valence electrons. The number of carbonyl (C=O) groups excluding carboxylic acids is 2.